The number of carbonyl (C=O) groups is 1. The van der Waals surface area contributed by atoms with Crippen molar-refractivity contribution in [2.75, 3.05) is 6.61 Å². The summed E-state index contributed by atoms with van der Waals surface area (Å²) in [4.78, 5) is 11.0. The average molecular weight is 220 g/mol. The van der Waals surface area contributed by atoms with Crippen LogP contribution in [0.1, 0.15) is 24.9 Å². The van der Waals surface area contributed by atoms with Gasteiger partial charge >= 0.3 is 0 Å². The molecule has 4 heteroatoms. The highest BCUT2D eigenvalue weighted by atomic mass is 16.5. The Morgan fingerprint density at radius 1 is 1.56 bits per heavy atom. The van der Waals surface area contributed by atoms with Gasteiger partial charge in [-0.2, -0.15) is 0 Å². The van der Waals surface area contributed by atoms with Crippen LogP contribution >= 0.6 is 0 Å². The van der Waals surface area contributed by atoms with Gasteiger partial charge < -0.3 is 10.5 Å². The van der Waals surface area contributed by atoms with E-state index in [1.54, 1.807) is 6.92 Å². The maximum Gasteiger partial charge on any atom is 0.234 e. The molecule has 2 unspecified atom stereocenters. The van der Waals surface area contributed by atoms with E-state index in [-0.39, 0.29) is 18.0 Å². The fourth-order valence-corrected chi connectivity index (χ4v) is 1.90. The molecule has 0 saturated carbocycles. The van der Waals surface area contributed by atoms with E-state index < -0.39 is 0 Å². The van der Waals surface area contributed by atoms with E-state index in [1.165, 1.54) is 0 Å². The first-order valence-corrected chi connectivity index (χ1v) is 5.45. The minimum absolute atomic E-state index is 0.146. The third-order valence-electron chi connectivity index (χ3n) is 2.84. The zero-order valence-electron chi connectivity index (χ0n) is 9.27. The fourth-order valence-electron chi connectivity index (χ4n) is 1.90. The monoisotopic (exact) mass is 220 g/mol. The van der Waals surface area contributed by atoms with Crippen LogP contribution in [-0.4, -0.2) is 18.6 Å². The molecule has 0 aliphatic carbocycles. The molecule has 16 heavy (non-hydrogen) atoms. The van der Waals surface area contributed by atoms with Crippen LogP contribution in [0.5, 0.6) is 5.75 Å². The van der Waals surface area contributed by atoms with Gasteiger partial charge in [0.15, 0.2) is 0 Å². The number of carbonyl (C=O) groups excluding carboxylic acids is 1. The lowest BCUT2D eigenvalue weighted by atomic mass is 10.00. The zero-order valence-corrected chi connectivity index (χ0v) is 9.27. The summed E-state index contributed by atoms with van der Waals surface area (Å²) >= 11 is 0. The molecule has 2 atom stereocenters. The van der Waals surface area contributed by atoms with Crippen molar-refractivity contribution in [1.29, 1.82) is 0 Å². The minimum Gasteiger partial charge on any atom is -0.493 e. The van der Waals surface area contributed by atoms with E-state index in [0.29, 0.717) is 6.61 Å². The van der Waals surface area contributed by atoms with Gasteiger partial charge in [0.2, 0.25) is 5.91 Å². The smallest absolute Gasteiger partial charge is 0.234 e. The van der Waals surface area contributed by atoms with E-state index in [9.17, 15) is 4.79 Å². The summed E-state index contributed by atoms with van der Waals surface area (Å²) in [6.45, 7) is 2.45. The Kier molecular flexibility index (Phi) is 3.10. The zero-order chi connectivity index (χ0) is 11.5. The molecule has 2 rings (SSSR count). The maximum atomic E-state index is 11.0. The minimum atomic E-state index is -0.330. The molecule has 4 nitrogen and oxygen atoms in total. The van der Waals surface area contributed by atoms with Crippen LogP contribution in [-0.2, 0) is 4.79 Å². The highest BCUT2D eigenvalue weighted by Crippen LogP contribution is 2.31. The Hall–Kier alpha value is -1.55. The lowest BCUT2D eigenvalue weighted by Crippen LogP contribution is -2.42. The SMILES string of the molecule is CC(NC1CCOc2ccccc21)C(N)=O. The van der Waals surface area contributed by atoms with Crippen molar-refractivity contribution in [3.05, 3.63) is 29.8 Å². The molecule has 1 aromatic rings. The van der Waals surface area contributed by atoms with Crippen molar-refractivity contribution in [3.63, 3.8) is 0 Å². The van der Waals surface area contributed by atoms with Crippen LogP contribution in [0.25, 0.3) is 0 Å². The normalized spacial score (nSPS) is 20.7. The summed E-state index contributed by atoms with van der Waals surface area (Å²) < 4.78 is 5.54. The maximum absolute atomic E-state index is 11.0. The van der Waals surface area contributed by atoms with Crippen molar-refractivity contribution in [2.24, 2.45) is 5.73 Å². The number of para-hydroxylation sites is 1. The Morgan fingerprint density at radius 2 is 2.31 bits per heavy atom. The second kappa shape index (κ2) is 4.53. The average Bonchev–Trinajstić information content (AvgIpc) is 2.29. The van der Waals surface area contributed by atoms with E-state index in [4.69, 9.17) is 10.5 Å². The third kappa shape index (κ3) is 2.17. The van der Waals surface area contributed by atoms with Gasteiger partial charge in [0.05, 0.1) is 12.6 Å². The van der Waals surface area contributed by atoms with Crippen molar-refractivity contribution >= 4 is 5.91 Å². The molecular weight excluding hydrogens is 204 g/mol. The number of fused-ring (bicyclic) bond motifs is 1. The van der Waals surface area contributed by atoms with Crippen molar-refractivity contribution in [2.45, 2.75) is 25.4 Å². The van der Waals surface area contributed by atoms with Crippen LogP contribution in [0, 0.1) is 0 Å². The van der Waals surface area contributed by atoms with Gasteiger partial charge in [0.25, 0.3) is 0 Å². The largest absolute Gasteiger partial charge is 0.493 e. The standard InChI is InChI=1S/C12H16N2O2/c1-8(12(13)15)14-10-6-7-16-11-5-3-2-4-9(10)11/h2-5,8,10,14H,6-7H2,1H3,(H2,13,15). The molecule has 0 fully saturated rings. The van der Waals surface area contributed by atoms with Crippen LogP contribution in [0.3, 0.4) is 0 Å². The molecule has 1 aliphatic heterocycles. The fraction of sp³-hybridized carbons (Fsp3) is 0.417. The molecule has 1 aliphatic rings. The van der Waals surface area contributed by atoms with Gasteiger partial charge in [-0.25, -0.2) is 0 Å². The molecule has 0 saturated heterocycles. The van der Waals surface area contributed by atoms with Gasteiger partial charge in [-0.3, -0.25) is 10.1 Å². The summed E-state index contributed by atoms with van der Waals surface area (Å²) in [7, 11) is 0. The lowest BCUT2D eigenvalue weighted by Gasteiger charge is -2.28. The Balaban J connectivity index is 2.16. The number of rotatable bonds is 3. The predicted molar refractivity (Wildman–Crippen MR) is 61.1 cm³/mol. The summed E-state index contributed by atoms with van der Waals surface area (Å²) in [5.41, 5.74) is 6.34. The molecule has 0 bridgehead atoms. The summed E-state index contributed by atoms with van der Waals surface area (Å²) in [5.74, 6) is 0.562. The molecule has 0 radical (unpaired) electrons. The molecule has 86 valence electrons. The quantitative estimate of drug-likeness (QED) is 0.798. The summed E-state index contributed by atoms with van der Waals surface area (Å²) in [6, 6.07) is 7.69. The van der Waals surface area contributed by atoms with Gasteiger partial charge in [0.1, 0.15) is 5.75 Å². The first kappa shape index (κ1) is 11.0. The van der Waals surface area contributed by atoms with Crippen molar-refractivity contribution in [3.8, 4) is 5.75 Å². The van der Waals surface area contributed by atoms with Crippen molar-refractivity contribution < 1.29 is 9.53 Å². The molecular formula is C12H16N2O2. The number of benzene rings is 1. The molecule has 3 N–H and O–H groups in total. The van der Waals surface area contributed by atoms with Crippen LogP contribution in [0.2, 0.25) is 0 Å². The third-order valence-corrected chi connectivity index (χ3v) is 2.84. The van der Waals surface area contributed by atoms with E-state index in [2.05, 4.69) is 5.32 Å². The van der Waals surface area contributed by atoms with Crippen molar-refractivity contribution in [1.82, 2.24) is 5.32 Å². The van der Waals surface area contributed by atoms with Gasteiger partial charge in [-0.15, -0.1) is 0 Å². The molecule has 1 heterocycles. The topological polar surface area (TPSA) is 64.3 Å². The first-order valence-electron chi connectivity index (χ1n) is 5.45. The summed E-state index contributed by atoms with van der Waals surface area (Å²) in [6.07, 6.45) is 0.856. The molecule has 1 aromatic carbocycles. The first-order chi connectivity index (χ1) is 7.68. The second-order valence-corrected chi connectivity index (χ2v) is 4.02. The van der Waals surface area contributed by atoms with E-state index in [1.807, 2.05) is 24.3 Å². The predicted octanol–water partition coefficient (Wildman–Crippen LogP) is 0.974. The molecule has 0 aromatic heterocycles. The highest BCUT2D eigenvalue weighted by molar-refractivity contribution is 5.79. The summed E-state index contributed by atoms with van der Waals surface area (Å²) in [5, 5.41) is 3.22. The Labute approximate surface area is 94.8 Å². The number of nitrogens with one attached hydrogen (secondary N) is 1. The highest BCUT2D eigenvalue weighted by Gasteiger charge is 2.23. The molecule has 1 amide bonds. The van der Waals surface area contributed by atoms with E-state index in [0.717, 1.165) is 17.7 Å². The Morgan fingerprint density at radius 3 is 3.06 bits per heavy atom. The number of amides is 1. The van der Waals surface area contributed by atoms with Gasteiger partial charge in [-0.1, -0.05) is 18.2 Å². The molecule has 0 spiro atoms. The van der Waals surface area contributed by atoms with Crippen LogP contribution in [0.4, 0.5) is 0 Å². The number of hydrogen-bond acceptors (Lipinski definition) is 3. The van der Waals surface area contributed by atoms with Crippen LogP contribution in [0.15, 0.2) is 24.3 Å². The van der Waals surface area contributed by atoms with E-state index >= 15 is 0 Å². The van der Waals surface area contributed by atoms with Gasteiger partial charge in [0, 0.05) is 18.0 Å². The van der Waals surface area contributed by atoms with Gasteiger partial charge in [-0.05, 0) is 13.0 Å². The number of hydrogen-bond donors (Lipinski definition) is 2. The number of nitrogens with two attached hydrogens (primary N) is 1. The Bertz CT molecular complexity index is 392. The van der Waals surface area contributed by atoms with Crippen LogP contribution < -0.4 is 15.8 Å². The number of ether oxygens (including phenoxy) is 1. The lowest BCUT2D eigenvalue weighted by molar-refractivity contribution is -0.119. The number of primary amides is 1. The second-order valence-electron chi connectivity index (χ2n) is 4.02.